The Hall–Kier alpha value is -2.50. The molecule has 0 aromatic carbocycles. The summed E-state index contributed by atoms with van der Waals surface area (Å²) in [5.41, 5.74) is 3.55. The van der Waals surface area contributed by atoms with Gasteiger partial charge in [0, 0.05) is 18.3 Å². The van der Waals surface area contributed by atoms with Gasteiger partial charge in [-0.25, -0.2) is 9.50 Å². The molecule has 6 nitrogen and oxygen atoms in total. The normalized spacial score (nSPS) is 11.1. The van der Waals surface area contributed by atoms with Crippen LogP contribution in [0.3, 0.4) is 0 Å². The highest BCUT2D eigenvalue weighted by Gasteiger charge is 2.09. The monoisotopic (exact) mass is 269 g/mol. The van der Waals surface area contributed by atoms with Crippen LogP contribution in [0.15, 0.2) is 24.5 Å². The van der Waals surface area contributed by atoms with Crippen LogP contribution in [0.1, 0.15) is 22.9 Å². The van der Waals surface area contributed by atoms with E-state index in [4.69, 9.17) is 0 Å². The summed E-state index contributed by atoms with van der Waals surface area (Å²) >= 11 is 0. The zero-order valence-electron chi connectivity index (χ0n) is 11.4. The van der Waals surface area contributed by atoms with Gasteiger partial charge in [-0.1, -0.05) is 0 Å². The van der Waals surface area contributed by atoms with Crippen molar-refractivity contribution in [1.82, 2.24) is 24.6 Å². The van der Waals surface area contributed by atoms with Crippen molar-refractivity contribution in [3.63, 3.8) is 0 Å². The van der Waals surface area contributed by atoms with Crippen LogP contribution < -0.4 is 0 Å². The van der Waals surface area contributed by atoms with E-state index in [1.54, 1.807) is 12.3 Å². The summed E-state index contributed by atoms with van der Waals surface area (Å²) in [6, 6.07) is 3.45. The molecule has 0 atom stereocenters. The fraction of sp³-hybridized carbons (Fsp3) is 0.286. The fourth-order valence-electron chi connectivity index (χ4n) is 2.05. The van der Waals surface area contributed by atoms with E-state index in [1.807, 2.05) is 24.4 Å². The maximum Gasteiger partial charge on any atom is 0.177 e. The van der Waals surface area contributed by atoms with Crippen molar-refractivity contribution in [3.05, 3.63) is 47.4 Å². The molecule has 1 N–H and O–H groups in total. The van der Waals surface area contributed by atoms with E-state index in [-0.39, 0.29) is 5.75 Å². The highest BCUT2D eigenvalue weighted by Crippen LogP contribution is 2.11. The third-order valence-electron chi connectivity index (χ3n) is 3.17. The number of nitrogens with zero attached hydrogens (tertiary/aromatic N) is 5. The van der Waals surface area contributed by atoms with E-state index in [0.29, 0.717) is 6.42 Å². The van der Waals surface area contributed by atoms with Gasteiger partial charge in [0.1, 0.15) is 5.75 Å². The van der Waals surface area contributed by atoms with Crippen molar-refractivity contribution in [1.29, 1.82) is 0 Å². The minimum atomic E-state index is 0.178. The molecule has 20 heavy (non-hydrogen) atoms. The lowest BCUT2D eigenvalue weighted by Crippen LogP contribution is -1.98. The van der Waals surface area contributed by atoms with Crippen molar-refractivity contribution in [2.45, 2.75) is 26.7 Å². The van der Waals surface area contributed by atoms with Crippen LogP contribution in [-0.4, -0.2) is 29.7 Å². The number of aromatic nitrogens is 5. The summed E-state index contributed by atoms with van der Waals surface area (Å²) in [5.74, 6) is 0.955. The quantitative estimate of drug-likeness (QED) is 0.782. The van der Waals surface area contributed by atoms with Gasteiger partial charge in [0.2, 0.25) is 0 Å². The number of pyridine rings is 1. The van der Waals surface area contributed by atoms with Gasteiger partial charge < -0.3 is 5.11 Å². The van der Waals surface area contributed by atoms with Gasteiger partial charge in [0.15, 0.2) is 11.5 Å². The molecular formula is C14H15N5O. The van der Waals surface area contributed by atoms with Crippen LogP contribution in [0.2, 0.25) is 0 Å². The lowest BCUT2D eigenvalue weighted by Gasteiger charge is -1.98. The molecule has 3 rings (SSSR count). The first-order chi connectivity index (χ1) is 9.63. The van der Waals surface area contributed by atoms with Crippen LogP contribution in [0, 0.1) is 13.8 Å². The molecule has 3 aromatic heterocycles. The average molecular weight is 269 g/mol. The topological polar surface area (TPSA) is 76.2 Å². The summed E-state index contributed by atoms with van der Waals surface area (Å²) in [6.45, 7) is 3.88. The molecular weight excluding hydrogens is 254 g/mol. The standard InChI is InChI=1S/C14H15N5O/c1-9-7-15-10(2)14-17-13(18-19(9)14)6-4-11-3-5-12(20)8-16-11/h3,5,7-8,20H,4,6H2,1-2H3. The summed E-state index contributed by atoms with van der Waals surface area (Å²) < 4.78 is 1.82. The molecule has 0 bridgehead atoms. The minimum absolute atomic E-state index is 0.178. The smallest absolute Gasteiger partial charge is 0.177 e. The lowest BCUT2D eigenvalue weighted by atomic mass is 10.2. The summed E-state index contributed by atoms with van der Waals surface area (Å²) in [4.78, 5) is 13.0. The van der Waals surface area contributed by atoms with Crippen molar-refractivity contribution >= 4 is 5.65 Å². The molecule has 0 spiro atoms. The third-order valence-corrected chi connectivity index (χ3v) is 3.17. The van der Waals surface area contributed by atoms with Gasteiger partial charge in [-0.3, -0.25) is 9.97 Å². The molecule has 0 aliphatic heterocycles. The van der Waals surface area contributed by atoms with E-state index < -0.39 is 0 Å². The van der Waals surface area contributed by atoms with Crippen LogP contribution in [-0.2, 0) is 12.8 Å². The van der Waals surface area contributed by atoms with Gasteiger partial charge in [0.05, 0.1) is 17.6 Å². The second-order valence-corrected chi connectivity index (χ2v) is 4.76. The Labute approximate surface area is 116 Å². The number of aromatic hydroxyl groups is 1. The Morgan fingerprint density at radius 1 is 1.10 bits per heavy atom. The first-order valence-corrected chi connectivity index (χ1v) is 6.45. The maximum absolute atomic E-state index is 9.20. The molecule has 102 valence electrons. The van der Waals surface area contributed by atoms with E-state index in [2.05, 4.69) is 20.1 Å². The average Bonchev–Trinajstić information content (AvgIpc) is 2.88. The van der Waals surface area contributed by atoms with E-state index in [0.717, 1.165) is 35.0 Å². The van der Waals surface area contributed by atoms with Crippen molar-refractivity contribution in [2.75, 3.05) is 0 Å². The molecule has 3 aromatic rings. The summed E-state index contributed by atoms with van der Waals surface area (Å²) in [7, 11) is 0. The number of hydrogen-bond donors (Lipinski definition) is 1. The van der Waals surface area contributed by atoms with E-state index in [1.165, 1.54) is 6.20 Å². The third kappa shape index (κ3) is 2.32. The van der Waals surface area contributed by atoms with E-state index >= 15 is 0 Å². The Bertz CT molecular complexity index is 709. The van der Waals surface area contributed by atoms with Gasteiger partial charge in [0.25, 0.3) is 0 Å². The first kappa shape index (κ1) is 12.5. The highest BCUT2D eigenvalue weighted by atomic mass is 16.3. The zero-order chi connectivity index (χ0) is 14.1. The number of hydrogen-bond acceptors (Lipinski definition) is 5. The summed E-state index contributed by atoms with van der Waals surface area (Å²) in [6.07, 6.45) is 4.69. The molecule has 0 amide bonds. The van der Waals surface area contributed by atoms with Crippen LogP contribution >= 0.6 is 0 Å². The zero-order valence-corrected chi connectivity index (χ0v) is 11.4. The van der Waals surface area contributed by atoms with Gasteiger partial charge in [-0.05, 0) is 32.4 Å². The predicted molar refractivity (Wildman–Crippen MR) is 73.6 cm³/mol. The molecule has 0 aliphatic carbocycles. The molecule has 0 fully saturated rings. The molecule has 0 radical (unpaired) electrons. The van der Waals surface area contributed by atoms with Crippen molar-refractivity contribution in [2.24, 2.45) is 0 Å². The first-order valence-electron chi connectivity index (χ1n) is 6.45. The fourth-order valence-corrected chi connectivity index (χ4v) is 2.05. The Morgan fingerprint density at radius 2 is 1.95 bits per heavy atom. The van der Waals surface area contributed by atoms with Gasteiger partial charge >= 0.3 is 0 Å². The SMILES string of the molecule is Cc1ncc(C)n2nc(CCc3ccc(O)cn3)nc12. The molecule has 0 unspecified atom stereocenters. The number of rotatable bonds is 3. The molecule has 6 heteroatoms. The molecule has 0 saturated carbocycles. The second kappa shape index (κ2) is 4.88. The molecule has 3 heterocycles. The Morgan fingerprint density at radius 3 is 2.65 bits per heavy atom. The molecule has 0 saturated heterocycles. The second-order valence-electron chi connectivity index (χ2n) is 4.76. The van der Waals surface area contributed by atoms with Crippen LogP contribution in [0.4, 0.5) is 0 Å². The van der Waals surface area contributed by atoms with Gasteiger partial charge in [-0.15, -0.1) is 0 Å². The van der Waals surface area contributed by atoms with Crippen LogP contribution in [0.5, 0.6) is 5.75 Å². The highest BCUT2D eigenvalue weighted by molar-refractivity contribution is 5.43. The Balaban J connectivity index is 1.83. The maximum atomic E-state index is 9.20. The number of aryl methyl sites for hydroxylation is 4. The van der Waals surface area contributed by atoms with E-state index in [9.17, 15) is 5.11 Å². The lowest BCUT2D eigenvalue weighted by molar-refractivity contribution is 0.472. The summed E-state index contributed by atoms with van der Waals surface area (Å²) in [5, 5.41) is 13.7. The predicted octanol–water partition coefficient (Wildman–Crippen LogP) is 1.63. The van der Waals surface area contributed by atoms with Crippen molar-refractivity contribution in [3.8, 4) is 5.75 Å². The Kier molecular flexibility index (Phi) is 3.06. The largest absolute Gasteiger partial charge is 0.506 e. The molecule has 0 aliphatic rings. The number of fused-ring (bicyclic) bond motifs is 1. The van der Waals surface area contributed by atoms with Gasteiger partial charge in [-0.2, -0.15) is 5.10 Å². The minimum Gasteiger partial charge on any atom is -0.506 e. The van der Waals surface area contributed by atoms with Crippen molar-refractivity contribution < 1.29 is 5.11 Å². The van der Waals surface area contributed by atoms with Crippen LogP contribution in [0.25, 0.3) is 5.65 Å².